The van der Waals surface area contributed by atoms with E-state index in [1.165, 1.54) is 36.0 Å². The first-order chi connectivity index (χ1) is 21.4. The summed E-state index contributed by atoms with van der Waals surface area (Å²) >= 11 is 0. The van der Waals surface area contributed by atoms with Gasteiger partial charge in [0.2, 0.25) is 0 Å². The minimum Gasteiger partial charge on any atom is -0.419 e. The number of unbranched alkanes of at least 4 members (excludes halogenated alkanes) is 5. The second-order valence-corrected chi connectivity index (χ2v) is 11.9. The molecule has 0 N–H and O–H groups in total. The molecule has 0 saturated carbocycles. The Kier molecular flexibility index (Phi) is 12.4. The average molecular weight is 591 g/mol. The maximum Gasteiger partial charge on any atom is 0.341 e. The fraction of sp³-hybridized carbons (Fsp3) is 0.350. The molecule has 0 fully saturated rings. The van der Waals surface area contributed by atoms with E-state index in [0.717, 1.165) is 36.8 Å². The van der Waals surface area contributed by atoms with Crippen molar-refractivity contribution in [3.63, 3.8) is 0 Å². The summed E-state index contributed by atoms with van der Waals surface area (Å²) in [6.07, 6.45) is 8.81. The van der Waals surface area contributed by atoms with E-state index < -0.39 is 17.7 Å². The molecule has 4 heteroatoms. The van der Waals surface area contributed by atoms with Crippen molar-refractivity contribution in [2.24, 2.45) is 0 Å². The molecule has 0 atom stereocenters. The van der Waals surface area contributed by atoms with E-state index in [1.807, 2.05) is 68.4 Å². The van der Waals surface area contributed by atoms with Crippen molar-refractivity contribution in [3.05, 3.63) is 131 Å². The number of ether oxygens (including phenoxy) is 2. The third kappa shape index (κ3) is 9.94. The number of benzene rings is 4. The van der Waals surface area contributed by atoms with Crippen molar-refractivity contribution in [3.8, 4) is 11.1 Å². The molecule has 0 spiro atoms. The van der Waals surface area contributed by atoms with Crippen molar-refractivity contribution in [1.82, 2.24) is 0 Å². The summed E-state index contributed by atoms with van der Waals surface area (Å²) in [7, 11) is 0. The topological polar surface area (TPSA) is 52.6 Å². The highest BCUT2D eigenvalue weighted by Gasteiger charge is 2.38. The molecule has 0 saturated heterocycles. The van der Waals surface area contributed by atoms with Crippen LogP contribution in [0.4, 0.5) is 0 Å². The van der Waals surface area contributed by atoms with Gasteiger partial charge in [0.1, 0.15) is 0 Å². The van der Waals surface area contributed by atoms with Gasteiger partial charge in [0.15, 0.2) is 0 Å². The summed E-state index contributed by atoms with van der Waals surface area (Å²) < 4.78 is 12.5. The lowest BCUT2D eigenvalue weighted by Crippen LogP contribution is -2.40. The second kappa shape index (κ2) is 16.6. The van der Waals surface area contributed by atoms with Crippen LogP contribution in [-0.4, -0.2) is 17.7 Å². The lowest BCUT2D eigenvalue weighted by atomic mass is 9.97. The van der Waals surface area contributed by atoms with Crippen LogP contribution in [0.3, 0.4) is 0 Å². The maximum absolute atomic E-state index is 13.6. The zero-order valence-corrected chi connectivity index (χ0v) is 26.5. The van der Waals surface area contributed by atoms with Gasteiger partial charge < -0.3 is 9.47 Å². The Morgan fingerprint density at radius 3 is 1.66 bits per heavy atom. The number of rotatable bonds is 16. The standard InChI is InChI=1S/C40H46O4/c1-4-5-6-7-8-12-27-40(43-38(41)36-21-13-16-31(2)29-36,44-39(42)37-22-14-17-32(3)30-37)28-15-18-33-23-25-35(26-24-33)34-19-10-9-11-20-34/h9-11,13-14,16-17,19-26,29-30H,4-8,12,15,18,27-28H2,1-3H3. The lowest BCUT2D eigenvalue weighted by Gasteiger charge is -2.33. The number of carbonyl (C=O) groups is 2. The summed E-state index contributed by atoms with van der Waals surface area (Å²) in [6, 6.07) is 33.6. The van der Waals surface area contributed by atoms with E-state index in [0.29, 0.717) is 30.4 Å². The Labute approximate surface area is 263 Å². The second-order valence-electron chi connectivity index (χ2n) is 11.9. The van der Waals surface area contributed by atoms with Gasteiger partial charge in [-0.25, -0.2) is 9.59 Å². The molecular formula is C40H46O4. The molecule has 4 rings (SSSR count). The third-order valence-electron chi connectivity index (χ3n) is 8.06. The van der Waals surface area contributed by atoms with Crippen molar-refractivity contribution >= 4 is 11.9 Å². The molecule has 4 aromatic carbocycles. The van der Waals surface area contributed by atoms with E-state index in [2.05, 4.69) is 43.3 Å². The SMILES string of the molecule is CCCCCCCCC(CCCc1ccc(-c2ccccc2)cc1)(OC(=O)c1cccc(C)c1)OC(=O)c1cccc(C)c1. The van der Waals surface area contributed by atoms with Crippen molar-refractivity contribution < 1.29 is 19.1 Å². The van der Waals surface area contributed by atoms with E-state index in [4.69, 9.17) is 9.47 Å². The number of carbonyl (C=O) groups excluding carboxylic acids is 2. The fourth-order valence-electron chi connectivity index (χ4n) is 5.58. The summed E-state index contributed by atoms with van der Waals surface area (Å²) in [6.45, 7) is 6.10. The van der Waals surface area contributed by atoms with E-state index in [-0.39, 0.29) is 0 Å². The summed E-state index contributed by atoms with van der Waals surface area (Å²) in [4.78, 5) is 27.1. The van der Waals surface area contributed by atoms with E-state index >= 15 is 0 Å². The first-order valence-electron chi connectivity index (χ1n) is 16.1. The molecule has 4 aromatic rings. The first kappa shape index (κ1) is 32.7. The van der Waals surface area contributed by atoms with Crippen LogP contribution in [0, 0.1) is 13.8 Å². The molecule has 0 aliphatic carbocycles. The number of hydrogen-bond donors (Lipinski definition) is 0. The molecule has 4 nitrogen and oxygen atoms in total. The third-order valence-corrected chi connectivity index (χ3v) is 8.06. The zero-order chi connectivity index (χ0) is 31.2. The van der Waals surface area contributed by atoms with Crippen LogP contribution in [0.25, 0.3) is 11.1 Å². The highest BCUT2D eigenvalue weighted by Crippen LogP contribution is 2.32. The molecule has 0 aliphatic rings. The van der Waals surface area contributed by atoms with Gasteiger partial charge >= 0.3 is 11.9 Å². The van der Waals surface area contributed by atoms with Crippen LogP contribution >= 0.6 is 0 Å². The molecule has 230 valence electrons. The molecule has 0 heterocycles. The molecule has 0 unspecified atom stereocenters. The van der Waals surface area contributed by atoms with Gasteiger partial charge in [-0.15, -0.1) is 0 Å². The molecule has 0 bridgehead atoms. The predicted molar refractivity (Wildman–Crippen MR) is 179 cm³/mol. The Morgan fingerprint density at radius 1 is 0.568 bits per heavy atom. The zero-order valence-electron chi connectivity index (χ0n) is 26.5. The van der Waals surface area contributed by atoms with Gasteiger partial charge in [-0.2, -0.15) is 0 Å². The summed E-state index contributed by atoms with van der Waals surface area (Å²) in [5.74, 6) is -2.30. The number of hydrogen-bond acceptors (Lipinski definition) is 4. The maximum atomic E-state index is 13.6. The normalized spacial score (nSPS) is 11.2. The van der Waals surface area contributed by atoms with Crippen LogP contribution in [0.2, 0.25) is 0 Å². The Morgan fingerprint density at radius 2 is 1.09 bits per heavy atom. The van der Waals surface area contributed by atoms with Crippen LogP contribution < -0.4 is 0 Å². The van der Waals surface area contributed by atoms with Crippen molar-refractivity contribution in [2.45, 2.75) is 90.8 Å². The van der Waals surface area contributed by atoms with Crippen molar-refractivity contribution in [1.29, 1.82) is 0 Å². The molecule has 0 aromatic heterocycles. The van der Waals surface area contributed by atoms with Gasteiger partial charge in [-0.05, 0) is 74.1 Å². The highest BCUT2D eigenvalue weighted by atomic mass is 16.7. The molecule has 0 radical (unpaired) electrons. The molecule has 0 amide bonds. The van der Waals surface area contributed by atoms with Crippen LogP contribution in [0.5, 0.6) is 0 Å². The van der Waals surface area contributed by atoms with Gasteiger partial charge in [-0.3, -0.25) is 0 Å². The van der Waals surface area contributed by atoms with E-state index in [9.17, 15) is 9.59 Å². The van der Waals surface area contributed by atoms with Gasteiger partial charge in [0, 0.05) is 12.8 Å². The van der Waals surface area contributed by atoms with Crippen molar-refractivity contribution in [2.75, 3.05) is 0 Å². The fourth-order valence-corrected chi connectivity index (χ4v) is 5.58. The van der Waals surface area contributed by atoms with E-state index in [1.54, 1.807) is 12.1 Å². The largest absolute Gasteiger partial charge is 0.419 e. The summed E-state index contributed by atoms with van der Waals surface area (Å²) in [5, 5.41) is 0. The van der Waals surface area contributed by atoms with Crippen LogP contribution in [0.15, 0.2) is 103 Å². The molecular weight excluding hydrogens is 544 g/mol. The number of esters is 2. The molecule has 0 aliphatic heterocycles. The lowest BCUT2D eigenvalue weighted by molar-refractivity contribution is -0.179. The summed E-state index contributed by atoms with van der Waals surface area (Å²) in [5.41, 5.74) is 6.40. The van der Waals surface area contributed by atoms with Crippen LogP contribution in [0.1, 0.15) is 102 Å². The highest BCUT2D eigenvalue weighted by molar-refractivity contribution is 5.91. The Balaban J connectivity index is 1.55. The van der Waals surface area contributed by atoms with Gasteiger partial charge in [0.25, 0.3) is 5.79 Å². The van der Waals surface area contributed by atoms with Gasteiger partial charge in [-0.1, -0.05) is 129 Å². The van der Waals surface area contributed by atoms with Crippen LogP contribution in [-0.2, 0) is 15.9 Å². The predicted octanol–water partition coefficient (Wildman–Crippen LogP) is 10.5. The first-order valence-corrected chi connectivity index (χ1v) is 16.1. The smallest absolute Gasteiger partial charge is 0.341 e. The minimum absolute atomic E-state index is 0.414. The quantitative estimate of drug-likeness (QED) is 0.0740. The Bertz CT molecular complexity index is 1410. The van der Waals surface area contributed by atoms with Gasteiger partial charge in [0.05, 0.1) is 11.1 Å². The minimum atomic E-state index is -1.36. The average Bonchev–Trinajstić information content (AvgIpc) is 3.03. The molecule has 44 heavy (non-hydrogen) atoms. The Hall–Kier alpha value is -4.18. The number of aryl methyl sites for hydroxylation is 3. The monoisotopic (exact) mass is 590 g/mol.